The summed E-state index contributed by atoms with van der Waals surface area (Å²) in [5, 5.41) is 4.03. The van der Waals surface area contributed by atoms with Gasteiger partial charge in [-0.25, -0.2) is 4.98 Å². The summed E-state index contributed by atoms with van der Waals surface area (Å²) in [5.41, 5.74) is 3.16. The maximum Gasteiger partial charge on any atom is 0.264 e. The second-order valence-corrected chi connectivity index (χ2v) is 8.77. The van der Waals surface area contributed by atoms with Crippen molar-refractivity contribution in [2.75, 3.05) is 11.9 Å². The van der Waals surface area contributed by atoms with Crippen molar-refractivity contribution >= 4 is 44.2 Å². The number of anilines is 1. The van der Waals surface area contributed by atoms with Gasteiger partial charge in [-0.1, -0.05) is 54.3 Å². The Morgan fingerprint density at radius 3 is 2.71 bits per heavy atom. The molecule has 2 aromatic carbocycles. The second kappa shape index (κ2) is 8.50. The molecule has 0 spiro atoms. The van der Waals surface area contributed by atoms with E-state index in [0.29, 0.717) is 21.8 Å². The van der Waals surface area contributed by atoms with Crippen LogP contribution in [0.4, 0.5) is 5.13 Å². The molecular weight excluding hydrogens is 392 g/mol. The highest BCUT2D eigenvalue weighted by Crippen LogP contribution is 2.33. The molecule has 0 saturated heterocycles. The van der Waals surface area contributed by atoms with E-state index in [1.807, 2.05) is 31.2 Å². The quantitative estimate of drug-likeness (QED) is 0.531. The Morgan fingerprint density at radius 1 is 1.21 bits per heavy atom. The zero-order valence-corrected chi connectivity index (χ0v) is 17.4. The lowest BCUT2D eigenvalue weighted by molar-refractivity contribution is -0.118. The molecule has 1 N–H and O–H groups in total. The first-order valence-electron chi connectivity index (χ1n) is 9.68. The lowest BCUT2D eigenvalue weighted by atomic mass is 9.84. The highest BCUT2D eigenvalue weighted by atomic mass is 35.5. The molecule has 0 radical (unpaired) electrons. The Balaban J connectivity index is 1.33. The van der Waals surface area contributed by atoms with E-state index in [4.69, 9.17) is 16.3 Å². The highest BCUT2D eigenvalue weighted by Gasteiger charge is 2.15. The number of nitrogens with zero attached hydrogens (tertiary/aromatic N) is 1. The molecule has 0 bridgehead atoms. The van der Waals surface area contributed by atoms with Crippen LogP contribution in [0.25, 0.3) is 10.2 Å². The minimum absolute atomic E-state index is 0.0432. The summed E-state index contributed by atoms with van der Waals surface area (Å²) in [6.07, 6.45) is 6.54. The fourth-order valence-electron chi connectivity index (χ4n) is 3.68. The van der Waals surface area contributed by atoms with E-state index in [9.17, 15) is 4.79 Å². The molecule has 28 heavy (non-hydrogen) atoms. The predicted molar refractivity (Wildman–Crippen MR) is 116 cm³/mol. The molecule has 0 aliphatic heterocycles. The van der Waals surface area contributed by atoms with Crippen LogP contribution in [0.2, 0.25) is 5.02 Å². The van der Waals surface area contributed by atoms with Crippen molar-refractivity contribution in [1.82, 2.24) is 4.98 Å². The van der Waals surface area contributed by atoms with Gasteiger partial charge in [0.25, 0.3) is 5.91 Å². The number of amides is 1. The van der Waals surface area contributed by atoms with Gasteiger partial charge in [-0.15, -0.1) is 0 Å². The molecule has 1 fully saturated rings. The molecule has 1 amide bonds. The number of benzene rings is 2. The number of thiazole rings is 1. The third kappa shape index (κ3) is 4.47. The van der Waals surface area contributed by atoms with Gasteiger partial charge in [0.2, 0.25) is 0 Å². The Bertz CT molecular complexity index is 939. The largest absolute Gasteiger partial charge is 0.484 e. The lowest BCUT2D eigenvalue weighted by Crippen LogP contribution is -2.20. The molecular formula is C22H23ClN2O2S. The van der Waals surface area contributed by atoms with Crippen LogP contribution < -0.4 is 10.1 Å². The smallest absolute Gasteiger partial charge is 0.264 e. The number of rotatable bonds is 5. The van der Waals surface area contributed by atoms with Gasteiger partial charge in [0.1, 0.15) is 5.75 Å². The maximum atomic E-state index is 12.2. The van der Waals surface area contributed by atoms with Crippen molar-refractivity contribution in [2.24, 2.45) is 0 Å². The fourth-order valence-corrected chi connectivity index (χ4v) is 4.80. The van der Waals surface area contributed by atoms with Gasteiger partial charge < -0.3 is 4.74 Å². The number of carbonyl (C=O) groups excluding carboxylic acids is 1. The van der Waals surface area contributed by atoms with Crippen LogP contribution in [0.1, 0.15) is 49.1 Å². The van der Waals surface area contributed by atoms with E-state index in [2.05, 4.69) is 22.4 Å². The first-order chi connectivity index (χ1) is 13.6. The third-order valence-corrected chi connectivity index (χ3v) is 6.58. The van der Waals surface area contributed by atoms with Crippen LogP contribution >= 0.6 is 22.9 Å². The van der Waals surface area contributed by atoms with Crippen molar-refractivity contribution in [3.8, 4) is 5.75 Å². The molecule has 0 unspecified atom stereocenters. The minimum Gasteiger partial charge on any atom is -0.484 e. The average Bonchev–Trinajstić information content (AvgIpc) is 3.08. The van der Waals surface area contributed by atoms with Crippen LogP contribution in [0.15, 0.2) is 36.4 Å². The van der Waals surface area contributed by atoms with Gasteiger partial charge >= 0.3 is 0 Å². The number of fused-ring (bicyclic) bond motifs is 1. The number of carbonyl (C=O) groups is 1. The summed E-state index contributed by atoms with van der Waals surface area (Å²) in [7, 11) is 0. The average molecular weight is 415 g/mol. The molecule has 6 heteroatoms. The van der Waals surface area contributed by atoms with E-state index in [1.54, 1.807) is 0 Å². The number of halogens is 1. The Hall–Kier alpha value is -2.11. The van der Waals surface area contributed by atoms with Gasteiger partial charge in [0.15, 0.2) is 11.7 Å². The summed E-state index contributed by atoms with van der Waals surface area (Å²) in [6, 6.07) is 12.0. The van der Waals surface area contributed by atoms with Crippen LogP contribution in [0.5, 0.6) is 5.75 Å². The van der Waals surface area contributed by atoms with Crippen molar-refractivity contribution in [1.29, 1.82) is 0 Å². The van der Waals surface area contributed by atoms with Crippen molar-refractivity contribution < 1.29 is 9.53 Å². The summed E-state index contributed by atoms with van der Waals surface area (Å²) in [6.45, 7) is 1.91. The number of aryl methyl sites for hydroxylation is 1. The van der Waals surface area contributed by atoms with E-state index in [1.165, 1.54) is 49.0 Å². The summed E-state index contributed by atoms with van der Waals surface area (Å²) in [4.78, 5) is 16.6. The first-order valence-corrected chi connectivity index (χ1v) is 10.9. The molecule has 146 valence electrons. The van der Waals surface area contributed by atoms with Gasteiger partial charge in [-0.2, -0.15) is 0 Å². The Labute approximate surface area is 173 Å². The lowest BCUT2D eigenvalue weighted by Gasteiger charge is -2.22. The molecule has 4 rings (SSSR count). The minimum atomic E-state index is -0.224. The van der Waals surface area contributed by atoms with Gasteiger partial charge in [0, 0.05) is 5.02 Å². The maximum absolute atomic E-state index is 12.2. The molecule has 0 atom stereocenters. The number of hydrogen-bond donors (Lipinski definition) is 1. The molecule has 1 heterocycles. The topological polar surface area (TPSA) is 51.2 Å². The van der Waals surface area contributed by atoms with Crippen molar-refractivity contribution in [2.45, 2.75) is 44.9 Å². The van der Waals surface area contributed by atoms with Crippen molar-refractivity contribution in [3.63, 3.8) is 0 Å². The summed E-state index contributed by atoms with van der Waals surface area (Å²) < 4.78 is 6.64. The molecule has 1 aliphatic rings. The molecule has 1 aromatic heterocycles. The molecule has 1 saturated carbocycles. The van der Waals surface area contributed by atoms with Gasteiger partial charge in [-0.3, -0.25) is 10.1 Å². The second-order valence-electron chi connectivity index (χ2n) is 7.33. The molecule has 4 nitrogen and oxygen atoms in total. The Kier molecular flexibility index (Phi) is 5.83. The third-order valence-electron chi connectivity index (χ3n) is 5.24. The summed E-state index contributed by atoms with van der Waals surface area (Å²) >= 11 is 7.57. The van der Waals surface area contributed by atoms with Gasteiger partial charge in [0.05, 0.1) is 10.2 Å². The first kappa shape index (κ1) is 19.2. The van der Waals surface area contributed by atoms with Crippen LogP contribution in [-0.4, -0.2) is 17.5 Å². The number of aromatic nitrogens is 1. The fraction of sp³-hybridized carbons (Fsp3) is 0.364. The summed E-state index contributed by atoms with van der Waals surface area (Å²) in [5.74, 6) is 1.15. The van der Waals surface area contributed by atoms with Crippen LogP contribution in [0, 0.1) is 6.92 Å². The van der Waals surface area contributed by atoms with E-state index in [-0.39, 0.29) is 12.5 Å². The SMILES string of the molecule is Cc1cc2sc(NC(=O)COc3ccc(C4CCCCC4)cc3)nc2cc1Cl. The number of ether oxygens (including phenoxy) is 1. The number of hydrogen-bond acceptors (Lipinski definition) is 4. The van der Waals surface area contributed by atoms with Crippen LogP contribution in [-0.2, 0) is 4.79 Å². The highest BCUT2D eigenvalue weighted by molar-refractivity contribution is 7.22. The van der Waals surface area contributed by atoms with E-state index < -0.39 is 0 Å². The molecule has 1 aliphatic carbocycles. The predicted octanol–water partition coefficient (Wildman–Crippen LogP) is 6.32. The van der Waals surface area contributed by atoms with E-state index >= 15 is 0 Å². The zero-order valence-electron chi connectivity index (χ0n) is 15.8. The number of nitrogens with one attached hydrogen (secondary N) is 1. The Morgan fingerprint density at radius 2 is 1.96 bits per heavy atom. The normalized spacial score (nSPS) is 14.9. The van der Waals surface area contributed by atoms with Crippen LogP contribution in [0.3, 0.4) is 0 Å². The van der Waals surface area contributed by atoms with Gasteiger partial charge in [-0.05, 0) is 61.1 Å². The molecule has 3 aromatic rings. The standard InChI is InChI=1S/C22H23ClN2O2S/c1-14-11-20-19(12-18(14)23)24-22(28-20)25-21(26)13-27-17-9-7-16(8-10-17)15-5-3-2-4-6-15/h7-12,15H,2-6,13H2,1H3,(H,24,25,26). The van der Waals surface area contributed by atoms with Crippen molar-refractivity contribution in [3.05, 3.63) is 52.5 Å². The van der Waals surface area contributed by atoms with E-state index in [0.717, 1.165) is 15.8 Å². The zero-order chi connectivity index (χ0) is 19.5. The monoisotopic (exact) mass is 414 g/mol.